The van der Waals surface area contributed by atoms with E-state index in [2.05, 4.69) is 18.4 Å². The van der Waals surface area contributed by atoms with Gasteiger partial charge in [-0.2, -0.15) is 0 Å². The standard InChI is InChI=1S/C15H21FN2/c1-11-6-7-12(2)18(11)9-8-15(17)13-4-3-5-14(16)10-13/h3-5,10,12,15H,1,6-9,17H2,2H3. The Morgan fingerprint density at radius 2 is 2.33 bits per heavy atom. The van der Waals surface area contributed by atoms with Crippen molar-refractivity contribution in [2.24, 2.45) is 5.73 Å². The Morgan fingerprint density at radius 3 is 2.94 bits per heavy atom. The van der Waals surface area contributed by atoms with Crippen LogP contribution < -0.4 is 5.73 Å². The highest BCUT2D eigenvalue weighted by Crippen LogP contribution is 2.27. The summed E-state index contributed by atoms with van der Waals surface area (Å²) < 4.78 is 13.1. The van der Waals surface area contributed by atoms with Crippen LogP contribution in [0.25, 0.3) is 0 Å². The van der Waals surface area contributed by atoms with Gasteiger partial charge in [-0.15, -0.1) is 0 Å². The maximum Gasteiger partial charge on any atom is 0.123 e. The highest BCUT2D eigenvalue weighted by atomic mass is 19.1. The fourth-order valence-electron chi connectivity index (χ4n) is 2.55. The lowest BCUT2D eigenvalue weighted by Crippen LogP contribution is -2.28. The van der Waals surface area contributed by atoms with Gasteiger partial charge in [0.2, 0.25) is 0 Å². The third kappa shape index (κ3) is 2.91. The topological polar surface area (TPSA) is 29.3 Å². The van der Waals surface area contributed by atoms with E-state index in [9.17, 15) is 4.39 Å². The highest BCUT2D eigenvalue weighted by molar-refractivity contribution is 5.19. The Kier molecular flexibility index (Phi) is 4.02. The molecule has 0 radical (unpaired) electrons. The molecule has 0 saturated carbocycles. The van der Waals surface area contributed by atoms with Gasteiger partial charge in [-0.25, -0.2) is 4.39 Å². The van der Waals surface area contributed by atoms with Crippen LogP contribution in [0.3, 0.4) is 0 Å². The van der Waals surface area contributed by atoms with E-state index in [1.807, 2.05) is 6.07 Å². The zero-order valence-electron chi connectivity index (χ0n) is 10.9. The van der Waals surface area contributed by atoms with Gasteiger partial charge in [0, 0.05) is 24.3 Å². The monoisotopic (exact) mass is 248 g/mol. The molecule has 0 aromatic heterocycles. The van der Waals surface area contributed by atoms with Gasteiger partial charge in [-0.05, 0) is 43.9 Å². The van der Waals surface area contributed by atoms with Crippen LogP contribution in [-0.2, 0) is 0 Å². The predicted molar refractivity (Wildman–Crippen MR) is 72.5 cm³/mol. The lowest BCUT2D eigenvalue weighted by molar-refractivity contribution is 0.298. The predicted octanol–water partition coefficient (Wildman–Crippen LogP) is 3.21. The van der Waals surface area contributed by atoms with Gasteiger partial charge in [0.25, 0.3) is 0 Å². The molecule has 1 aliphatic rings. The zero-order chi connectivity index (χ0) is 13.1. The third-order valence-corrected chi connectivity index (χ3v) is 3.75. The molecule has 1 aromatic carbocycles. The fourth-order valence-corrected chi connectivity index (χ4v) is 2.55. The first-order chi connectivity index (χ1) is 8.58. The van der Waals surface area contributed by atoms with Crippen molar-refractivity contribution in [2.75, 3.05) is 6.54 Å². The van der Waals surface area contributed by atoms with Crippen molar-refractivity contribution in [1.29, 1.82) is 0 Å². The first kappa shape index (κ1) is 13.1. The number of halogens is 1. The van der Waals surface area contributed by atoms with Crippen LogP contribution in [0, 0.1) is 5.82 Å². The van der Waals surface area contributed by atoms with Gasteiger partial charge in [0.05, 0.1) is 0 Å². The summed E-state index contributed by atoms with van der Waals surface area (Å²) in [6, 6.07) is 7.00. The number of rotatable bonds is 4. The van der Waals surface area contributed by atoms with E-state index in [0.717, 1.165) is 24.9 Å². The third-order valence-electron chi connectivity index (χ3n) is 3.75. The Balaban J connectivity index is 1.92. The minimum atomic E-state index is -0.220. The van der Waals surface area contributed by atoms with E-state index in [1.165, 1.54) is 24.3 Å². The normalized spacial score (nSPS) is 21.4. The van der Waals surface area contributed by atoms with Gasteiger partial charge in [-0.1, -0.05) is 18.7 Å². The van der Waals surface area contributed by atoms with E-state index in [-0.39, 0.29) is 11.9 Å². The largest absolute Gasteiger partial charge is 0.373 e. The molecule has 0 bridgehead atoms. The lowest BCUT2D eigenvalue weighted by Gasteiger charge is -2.26. The number of benzene rings is 1. The molecule has 98 valence electrons. The molecule has 1 saturated heterocycles. The molecule has 0 amide bonds. The average Bonchev–Trinajstić information content (AvgIpc) is 2.66. The van der Waals surface area contributed by atoms with Crippen molar-refractivity contribution in [3.63, 3.8) is 0 Å². The van der Waals surface area contributed by atoms with Gasteiger partial charge >= 0.3 is 0 Å². The molecule has 3 heteroatoms. The lowest BCUT2D eigenvalue weighted by atomic mass is 10.0. The number of nitrogens with two attached hydrogens (primary N) is 1. The number of hydrogen-bond acceptors (Lipinski definition) is 2. The molecular formula is C15H21FN2. The summed E-state index contributed by atoms with van der Waals surface area (Å²) >= 11 is 0. The first-order valence-corrected chi connectivity index (χ1v) is 6.53. The van der Waals surface area contributed by atoms with Gasteiger partial charge < -0.3 is 10.6 Å². The minimum Gasteiger partial charge on any atom is -0.373 e. The van der Waals surface area contributed by atoms with E-state index in [4.69, 9.17) is 5.73 Å². The molecule has 1 aromatic rings. The summed E-state index contributed by atoms with van der Waals surface area (Å²) in [4.78, 5) is 2.32. The number of hydrogen-bond donors (Lipinski definition) is 1. The van der Waals surface area contributed by atoms with Crippen molar-refractivity contribution in [3.8, 4) is 0 Å². The van der Waals surface area contributed by atoms with Crippen molar-refractivity contribution < 1.29 is 4.39 Å². The molecular weight excluding hydrogens is 227 g/mol. The second kappa shape index (κ2) is 5.53. The summed E-state index contributed by atoms with van der Waals surface area (Å²) in [7, 11) is 0. The average molecular weight is 248 g/mol. The van der Waals surface area contributed by atoms with Crippen LogP contribution in [0.15, 0.2) is 36.5 Å². The molecule has 1 heterocycles. The van der Waals surface area contributed by atoms with Crippen molar-refractivity contribution in [3.05, 3.63) is 47.9 Å². The molecule has 2 rings (SSSR count). The summed E-state index contributed by atoms with van der Waals surface area (Å²) in [5, 5.41) is 0. The minimum absolute atomic E-state index is 0.110. The fraction of sp³-hybridized carbons (Fsp3) is 0.467. The van der Waals surface area contributed by atoms with Gasteiger partial charge in [0.15, 0.2) is 0 Å². The summed E-state index contributed by atoms with van der Waals surface area (Å²) in [6.45, 7) is 7.19. The quantitative estimate of drug-likeness (QED) is 0.886. The maximum atomic E-state index is 13.1. The van der Waals surface area contributed by atoms with Crippen LogP contribution >= 0.6 is 0 Å². The molecule has 18 heavy (non-hydrogen) atoms. The molecule has 1 aliphatic heterocycles. The number of allylic oxidation sites excluding steroid dienone is 1. The molecule has 2 nitrogen and oxygen atoms in total. The molecule has 2 atom stereocenters. The Hall–Kier alpha value is -1.35. The zero-order valence-corrected chi connectivity index (χ0v) is 10.9. The molecule has 0 spiro atoms. The number of likely N-dealkylation sites (tertiary alicyclic amines) is 1. The molecule has 2 N–H and O–H groups in total. The van der Waals surface area contributed by atoms with Crippen molar-refractivity contribution in [1.82, 2.24) is 4.90 Å². The Morgan fingerprint density at radius 1 is 1.56 bits per heavy atom. The van der Waals surface area contributed by atoms with E-state index in [0.29, 0.717) is 6.04 Å². The summed E-state index contributed by atoms with van der Waals surface area (Å²) in [6.07, 6.45) is 3.08. The van der Waals surface area contributed by atoms with Gasteiger partial charge in [-0.3, -0.25) is 0 Å². The van der Waals surface area contributed by atoms with Crippen LogP contribution in [0.2, 0.25) is 0 Å². The van der Waals surface area contributed by atoms with Crippen molar-refractivity contribution in [2.45, 2.75) is 38.3 Å². The van der Waals surface area contributed by atoms with E-state index < -0.39 is 0 Å². The molecule has 2 unspecified atom stereocenters. The van der Waals surface area contributed by atoms with E-state index in [1.54, 1.807) is 6.07 Å². The molecule has 1 fully saturated rings. The van der Waals surface area contributed by atoms with Crippen LogP contribution in [0.5, 0.6) is 0 Å². The Bertz CT molecular complexity index is 430. The second-order valence-corrected chi connectivity index (χ2v) is 5.10. The van der Waals surface area contributed by atoms with Gasteiger partial charge in [0.1, 0.15) is 5.82 Å². The van der Waals surface area contributed by atoms with E-state index >= 15 is 0 Å². The Labute approximate surface area is 108 Å². The maximum absolute atomic E-state index is 13.1. The van der Waals surface area contributed by atoms with Crippen LogP contribution in [0.1, 0.15) is 37.8 Å². The summed E-state index contributed by atoms with van der Waals surface area (Å²) in [5.41, 5.74) is 8.18. The smallest absolute Gasteiger partial charge is 0.123 e. The number of nitrogens with zero attached hydrogens (tertiary/aromatic N) is 1. The SMILES string of the molecule is C=C1CCC(C)N1CCC(N)c1cccc(F)c1. The van der Waals surface area contributed by atoms with Crippen LogP contribution in [-0.4, -0.2) is 17.5 Å². The van der Waals surface area contributed by atoms with Crippen molar-refractivity contribution >= 4 is 0 Å². The molecule has 0 aliphatic carbocycles. The first-order valence-electron chi connectivity index (χ1n) is 6.53. The highest BCUT2D eigenvalue weighted by Gasteiger charge is 2.23. The second-order valence-electron chi connectivity index (χ2n) is 5.10. The van der Waals surface area contributed by atoms with Crippen LogP contribution in [0.4, 0.5) is 4.39 Å². The summed E-state index contributed by atoms with van der Waals surface area (Å²) in [5.74, 6) is -0.220.